The van der Waals surface area contributed by atoms with E-state index in [0.29, 0.717) is 19.0 Å². The monoisotopic (exact) mass is 212 g/mol. The van der Waals surface area contributed by atoms with Gasteiger partial charge in [-0.1, -0.05) is 0 Å². The number of aromatic nitrogens is 1. The van der Waals surface area contributed by atoms with Crippen molar-refractivity contribution in [1.29, 1.82) is 0 Å². The standard InChI is InChI=1S/C11H20N2O2/c1-8-9(2)15-10(12-8)6-13(5)7-11(3,4)14/h14H,6-7H2,1-5H3. The van der Waals surface area contributed by atoms with Gasteiger partial charge in [-0.3, -0.25) is 4.90 Å². The number of hydrogen-bond donors (Lipinski definition) is 1. The lowest BCUT2D eigenvalue weighted by Crippen LogP contribution is -2.35. The van der Waals surface area contributed by atoms with Gasteiger partial charge in [-0.05, 0) is 34.7 Å². The van der Waals surface area contributed by atoms with Crippen molar-refractivity contribution in [2.24, 2.45) is 0 Å². The van der Waals surface area contributed by atoms with E-state index in [1.54, 1.807) is 13.8 Å². The summed E-state index contributed by atoms with van der Waals surface area (Å²) in [5.41, 5.74) is 0.243. The maximum Gasteiger partial charge on any atom is 0.208 e. The first-order valence-corrected chi connectivity index (χ1v) is 5.12. The third-order valence-electron chi connectivity index (χ3n) is 2.13. The van der Waals surface area contributed by atoms with Gasteiger partial charge < -0.3 is 9.52 Å². The van der Waals surface area contributed by atoms with Gasteiger partial charge in [0.1, 0.15) is 5.76 Å². The van der Waals surface area contributed by atoms with Crippen LogP contribution in [0.1, 0.15) is 31.2 Å². The molecule has 0 saturated heterocycles. The van der Waals surface area contributed by atoms with Crippen LogP contribution in [0.2, 0.25) is 0 Å². The Morgan fingerprint density at radius 2 is 2.00 bits per heavy atom. The van der Waals surface area contributed by atoms with Crippen LogP contribution >= 0.6 is 0 Å². The zero-order valence-corrected chi connectivity index (χ0v) is 10.2. The van der Waals surface area contributed by atoms with Crippen molar-refractivity contribution in [2.75, 3.05) is 13.6 Å². The highest BCUT2D eigenvalue weighted by atomic mass is 16.4. The Bertz CT molecular complexity index is 306. The van der Waals surface area contributed by atoms with E-state index in [0.717, 1.165) is 11.5 Å². The summed E-state index contributed by atoms with van der Waals surface area (Å²) in [6.45, 7) is 8.62. The van der Waals surface area contributed by atoms with Gasteiger partial charge in [0.15, 0.2) is 0 Å². The van der Waals surface area contributed by atoms with E-state index in [2.05, 4.69) is 4.98 Å². The molecule has 0 aromatic carbocycles. The Morgan fingerprint density at radius 1 is 1.40 bits per heavy atom. The highest BCUT2D eigenvalue weighted by Crippen LogP contribution is 2.11. The average molecular weight is 212 g/mol. The van der Waals surface area contributed by atoms with Gasteiger partial charge in [-0.2, -0.15) is 0 Å². The molecule has 0 atom stereocenters. The molecule has 0 amide bonds. The van der Waals surface area contributed by atoms with E-state index in [1.807, 2.05) is 25.8 Å². The van der Waals surface area contributed by atoms with Crippen LogP contribution in [-0.2, 0) is 6.54 Å². The molecule has 15 heavy (non-hydrogen) atoms. The molecule has 1 N–H and O–H groups in total. The fourth-order valence-electron chi connectivity index (χ4n) is 1.55. The summed E-state index contributed by atoms with van der Waals surface area (Å²) >= 11 is 0. The predicted octanol–water partition coefficient (Wildman–Crippen LogP) is 1.49. The van der Waals surface area contributed by atoms with Crippen molar-refractivity contribution in [1.82, 2.24) is 9.88 Å². The Hall–Kier alpha value is -0.870. The van der Waals surface area contributed by atoms with Gasteiger partial charge in [0.05, 0.1) is 17.8 Å². The summed E-state index contributed by atoms with van der Waals surface area (Å²) in [6.07, 6.45) is 0. The molecule has 1 rings (SSSR count). The molecule has 4 heteroatoms. The number of likely N-dealkylation sites (N-methyl/N-ethyl adjacent to an activating group) is 1. The van der Waals surface area contributed by atoms with Crippen LogP contribution in [-0.4, -0.2) is 34.2 Å². The zero-order valence-electron chi connectivity index (χ0n) is 10.2. The van der Waals surface area contributed by atoms with Crippen LogP contribution in [0.5, 0.6) is 0 Å². The Kier molecular flexibility index (Phi) is 3.52. The predicted molar refractivity (Wildman–Crippen MR) is 58.6 cm³/mol. The number of aryl methyl sites for hydroxylation is 2. The molecular weight excluding hydrogens is 192 g/mol. The van der Waals surface area contributed by atoms with Crippen LogP contribution in [0.3, 0.4) is 0 Å². The highest BCUT2D eigenvalue weighted by molar-refractivity contribution is 5.05. The number of hydrogen-bond acceptors (Lipinski definition) is 4. The number of rotatable bonds is 4. The number of nitrogens with zero attached hydrogens (tertiary/aromatic N) is 2. The summed E-state index contributed by atoms with van der Waals surface area (Å²) in [7, 11) is 1.94. The SMILES string of the molecule is Cc1nc(CN(C)CC(C)(C)O)oc1C. The van der Waals surface area contributed by atoms with Crippen molar-refractivity contribution < 1.29 is 9.52 Å². The molecular formula is C11H20N2O2. The Morgan fingerprint density at radius 3 is 2.40 bits per heavy atom. The van der Waals surface area contributed by atoms with Crippen LogP contribution in [0.4, 0.5) is 0 Å². The van der Waals surface area contributed by atoms with E-state index < -0.39 is 5.60 Å². The molecule has 86 valence electrons. The quantitative estimate of drug-likeness (QED) is 0.821. The second kappa shape index (κ2) is 4.33. The molecule has 0 aliphatic carbocycles. The second-order valence-corrected chi connectivity index (χ2v) is 4.73. The van der Waals surface area contributed by atoms with Crippen LogP contribution in [0.15, 0.2) is 4.42 Å². The average Bonchev–Trinajstić information content (AvgIpc) is 2.26. The van der Waals surface area contributed by atoms with E-state index in [9.17, 15) is 5.11 Å². The van der Waals surface area contributed by atoms with Crippen molar-refractivity contribution in [3.8, 4) is 0 Å². The van der Waals surface area contributed by atoms with Gasteiger partial charge in [-0.25, -0.2) is 4.98 Å². The number of aliphatic hydroxyl groups is 1. The second-order valence-electron chi connectivity index (χ2n) is 4.73. The molecule has 0 fully saturated rings. The van der Waals surface area contributed by atoms with E-state index in [1.165, 1.54) is 0 Å². The maximum atomic E-state index is 9.63. The van der Waals surface area contributed by atoms with Gasteiger partial charge in [0.25, 0.3) is 0 Å². The smallest absolute Gasteiger partial charge is 0.208 e. The van der Waals surface area contributed by atoms with Crippen LogP contribution < -0.4 is 0 Å². The minimum atomic E-state index is -0.689. The minimum absolute atomic E-state index is 0.591. The van der Waals surface area contributed by atoms with Crippen LogP contribution in [0.25, 0.3) is 0 Å². The van der Waals surface area contributed by atoms with Gasteiger partial charge in [0.2, 0.25) is 5.89 Å². The highest BCUT2D eigenvalue weighted by Gasteiger charge is 2.17. The van der Waals surface area contributed by atoms with Crippen molar-refractivity contribution in [3.05, 3.63) is 17.3 Å². The summed E-state index contributed by atoms with van der Waals surface area (Å²) in [5.74, 6) is 1.57. The maximum absolute atomic E-state index is 9.63. The first-order valence-electron chi connectivity index (χ1n) is 5.12. The molecule has 1 aromatic heterocycles. The molecule has 1 aromatic rings. The van der Waals surface area contributed by atoms with Crippen molar-refractivity contribution in [3.63, 3.8) is 0 Å². The summed E-state index contributed by atoms with van der Waals surface area (Å²) < 4.78 is 5.47. The third kappa shape index (κ3) is 4.01. The fourth-order valence-corrected chi connectivity index (χ4v) is 1.55. The van der Waals surface area contributed by atoms with Gasteiger partial charge >= 0.3 is 0 Å². The molecule has 0 spiro atoms. The van der Waals surface area contributed by atoms with Crippen molar-refractivity contribution in [2.45, 2.75) is 39.8 Å². The Balaban J connectivity index is 2.55. The first kappa shape index (κ1) is 12.2. The fraction of sp³-hybridized carbons (Fsp3) is 0.727. The molecule has 1 heterocycles. The lowest BCUT2D eigenvalue weighted by Gasteiger charge is -2.24. The van der Waals surface area contributed by atoms with E-state index in [4.69, 9.17) is 4.42 Å². The van der Waals surface area contributed by atoms with Gasteiger partial charge in [0, 0.05) is 6.54 Å². The largest absolute Gasteiger partial charge is 0.444 e. The van der Waals surface area contributed by atoms with Gasteiger partial charge in [-0.15, -0.1) is 0 Å². The molecule has 0 unspecified atom stereocenters. The van der Waals surface area contributed by atoms with Crippen LogP contribution in [0, 0.1) is 13.8 Å². The molecule has 0 bridgehead atoms. The molecule has 0 aliphatic heterocycles. The topological polar surface area (TPSA) is 49.5 Å². The number of oxazole rings is 1. The first-order chi connectivity index (χ1) is 6.78. The zero-order chi connectivity index (χ0) is 11.6. The summed E-state index contributed by atoms with van der Waals surface area (Å²) in [4.78, 5) is 6.28. The lowest BCUT2D eigenvalue weighted by atomic mass is 10.1. The van der Waals surface area contributed by atoms with Crippen molar-refractivity contribution >= 4 is 0 Å². The van der Waals surface area contributed by atoms with E-state index >= 15 is 0 Å². The van der Waals surface area contributed by atoms with E-state index in [-0.39, 0.29) is 0 Å². The minimum Gasteiger partial charge on any atom is -0.444 e. The lowest BCUT2D eigenvalue weighted by molar-refractivity contribution is 0.0402. The third-order valence-corrected chi connectivity index (χ3v) is 2.13. The normalized spacial score (nSPS) is 12.5. The summed E-state index contributed by atoms with van der Waals surface area (Å²) in [5, 5.41) is 9.63. The molecule has 4 nitrogen and oxygen atoms in total. The summed E-state index contributed by atoms with van der Waals surface area (Å²) in [6, 6.07) is 0. The Labute approximate surface area is 90.9 Å². The molecule has 0 aliphatic rings. The molecule has 0 radical (unpaired) electrons. The molecule has 0 saturated carbocycles.